The summed E-state index contributed by atoms with van der Waals surface area (Å²) >= 11 is 0. The molecule has 264 valence electrons. The standard InChI is InChI=1S/C38H76O2Si6/c1-35(2,3)43(15,16)45(41(9,10)11)23-19-21-33(39-7)37(45)29-25-31-27-30(37)28-32(26-29)38(31)34(40-8)22-20-24-46(38,42(12,13)14)44(17,18)36(4,5)6/h19-22,29-34H,23-28H2,1-18H3. The zero-order valence-corrected chi connectivity index (χ0v) is 39.8. The fourth-order valence-corrected chi connectivity index (χ4v) is 124. The lowest BCUT2D eigenvalue weighted by Crippen LogP contribution is -2.89. The average molecular weight is 734 g/mol. The summed E-state index contributed by atoms with van der Waals surface area (Å²) in [4.78, 5) is 0. The van der Waals surface area contributed by atoms with Crippen LogP contribution < -0.4 is 0 Å². The molecule has 0 saturated heterocycles. The maximum atomic E-state index is 6.88. The lowest BCUT2D eigenvalue weighted by molar-refractivity contribution is -0.128. The molecule has 46 heavy (non-hydrogen) atoms. The van der Waals surface area contributed by atoms with Gasteiger partial charge in [0.15, 0.2) is 0 Å². The van der Waals surface area contributed by atoms with Crippen LogP contribution in [0.5, 0.6) is 0 Å². The van der Waals surface area contributed by atoms with Gasteiger partial charge in [-0.1, -0.05) is 131 Å². The Hall–Kier alpha value is 0.701. The lowest BCUT2D eigenvalue weighted by atomic mass is 9.45. The monoisotopic (exact) mass is 732 g/mol. The third-order valence-corrected chi connectivity index (χ3v) is 107. The van der Waals surface area contributed by atoms with Crippen molar-refractivity contribution in [2.24, 2.45) is 23.7 Å². The number of ether oxygens (including phenoxy) is 2. The van der Waals surface area contributed by atoms with Crippen LogP contribution >= 0.6 is 0 Å². The van der Waals surface area contributed by atoms with E-state index in [1.165, 1.54) is 37.8 Å². The first-order valence-electron chi connectivity index (χ1n) is 19.1. The molecule has 4 bridgehead atoms. The number of hydrogen-bond acceptors (Lipinski definition) is 2. The van der Waals surface area contributed by atoms with Gasteiger partial charge >= 0.3 is 0 Å². The Kier molecular flexibility index (Phi) is 9.16. The molecule has 0 aromatic heterocycles. The van der Waals surface area contributed by atoms with Crippen LogP contribution in [0.3, 0.4) is 0 Å². The van der Waals surface area contributed by atoms with Crippen LogP contribution in [0, 0.1) is 23.7 Å². The Bertz CT molecular complexity index is 1120. The second-order valence-corrected chi connectivity index (χ2v) is 76.6. The van der Waals surface area contributed by atoms with E-state index in [1.807, 2.05) is 0 Å². The Morgan fingerprint density at radius 1 is 0.522 bits per heavy atom. The summed E-state index contributed by atoms with van der Waals surface area (Å²) in [5, 5.41) is 1.63. The van der Waals surface area contributed by atoms with Crippen LogP contribution in [0.4, 0.5) is 0 Å². The Morgan fingerprint density at radius 3 is 0.978 bits per heavy atom. The molecular formula is C38H76O2Si6. The van der Waals surface area contributed by atoms with Gasteiger partial charge in [0.05, 0.1) is 26.4 Å². The zero-order valence-electron chi connectivity index (χ0n) is 33.8. The molecule has 4 unspecified atom stereocenters. The Morgan fingerprint density at radius 2 is 0.783 bits per heavy atom. The minimum atomic E-state index is -1.86. The molecule has 8 heteroatoms. The largest absolute Gasteiger partial charge is 0.377 e. The molecule has 0 amide bonds. The molecule has 4 atom stereocenters. The highest BCUT2D eigenvalue weighted by Gasteiger charge is 2.84. The molecule has 0 aromatic rings. The molecule has 6 rings (SSSR count). The van der Waals surface area contributed by atoms with Crippen molar-refractivity contribution in [3.63, 3.8) is 0 Å². The van der Waals surface area contributed by atoms with Crippen LogP contribution in [0.15, 0.2) is 24.3 Å². The van der Waals surface area contributed by atoms with Crippen molar-refractivity contribution in [2.45, 2.75) is 177 Å². The second-order valence-electron chi connectivity index (χ2n) is 22.2. The third kappa shape index (κ3) is 4.19. The van der Waals surface area contributed by atoms with Crippen molar-refractivity contribution in [3.8, 4) is 0 Å². The van der Waals surface area contributed by atoms with Gasteiger partial charge in [-0.25, -0.2) is 0 Å². The topological polar surface area (TPSA) is 18.5 Å². The fraction of sp³-hybridized carbons (Fsp3) is 0.895. The van der Waals surface area contributed by atoms with E-state index in [0.717, 1.165) is 23.7 Å². The fourth-order valence-electron chi connectivity index (χ4n) is 15.4. The SMILES string of the molecule is COC1C=CC[Si]([Si](C)(C)C)([Si](C)(C)C(C)(C)C)C12C1CC3CC2CC(C1)C31C(OC)C=CC[Si]1([Si](C)(C)C)[Si](C)(C)C(C)(C)C. The smallest absolute Gasteiger partial charge is 0.0785 e. The third-order valence-electron chi connectivity index (χ3n) is 17.8. The van der Waals surface area contributed by atoms with Crippen LogP contribution in [-0.4, -0.2) is 71.0 Å². The van der Waals surface area contributed by atoms with Gasteiger partial charge in [0.2, 0.25) is 0 Å². The Balaban J connectivity index is 1.81. The zero-order chi connectivity index (χ0) is 34.9. The van der Waals surface area contributed by atoms with E-state index in [1.54, 1.807) is 0 Å². The average Bonchev–Trinajstić information content (AvgIpc) is 2.89. The molecule has 2 heterocycles. The highest BCUT2D eigenvalue weighted by atomic mass is 29.6. The highest BCUT2D eigenvalue weighted by Crippen LogP contribution is 2.84. The van der Waals surface area contributed by atoms with Gasteiger partial charge in [-0.3, -0.25) is 0 Å². The van der Waals surface area contributed by atoms with E-state index in [2.05, 4.69) is 146 Å². The van der Waals surface area contributed by atoms with Crippen LogP contribution in [0.25, 0.3) is 0 Å². The summed E-state index contributed by atoms with van der Waals surface area (Å²) in [5.41, 5.74) is 0. The van der Waals surface area contributed by atoms with Gasteiger partial charge in [0.25, 0.3) is 0 Å². The summed E-state index contributed by atoms with van der Waals surface area (Å²) in [6, 6.07) is 2.88. The van der Waals surface area contributed by atoms with Crippen LogP contribution in [0.2, 0.25) is 97.7 Å². The molecule has 4 aliphatic carbocycles. The van der Waals surface area contributed by atoms with Gasteiger partial charge in [-0.2, -0.15) is 0 Å². The summed E-state index contributed by atoms with van der Waals surface area (Å²) in [7, 11) is -6.08. The van der Waals surface area contributed by atoms with E-state index in [9.17, 15) is 0 Å². The summed E-state index contributed by atoms with van der Waals surface area (Å²) in [5.74, 6) is 3.33. The number of methoxy groups -OCH3 is 2. The van der Waals surface area contributed by atoms with Gasteiger partial charge in [-0.15, -0.1) is 0 Å². The van der Waals surface area contributed by atoms with Crippen molar-refractivity contribution < 1.29 is 9.47 Å². The molecule has 4 fully saturated rings. The second kappa shape index (κ2) is 11.1. The predicted molar refractivity (Wildman–Crippen MR) is 220 cm³/mol. The molecule has 2 aliphatic heterocycles. The molecule has 4 saturated carbocycles. The van der Waals surface area contributed by atoms with Crippen molar-refractivity contribution in [1.29, 1.82) is 0 Å². The molecular weight excluding hydrogens is 657 g/mol. The van der Waals surface area contributed by atoms with E-state index in [4.69, 9.17) is 9.47 Å². The number of hydrogen-bond donors (Lipinski definition) is 0. The lowest BCUT2D eigenvalue weighted by Gasteiger charge is -2.82. The normalized spacial score (nSPS) is 43.3. The number of allylic oxidation sites excluding steroid dienone is 2. The van der Waals surface area contributed by atoms with Crippen molar-refractivity contribution in [2.75, 3.05) is 14.2 Å². The predicted octanol–water partition coefficient (Wildman–Crippen LogP) is 11.6. The van der Waals surface area contributed by atoms with Crippen LogP contribution in [0.1, 0.15) is 67.2 Å². The molecule has 6 aliphatic rings. The van der Waals surface area contributed by atoms with Crippen molar-refractivity contribution in [1.82, 2.24) is 0 Å². The van der Waals surface area contributed by atoms with Crippen molar-refractivity contribution in [3.05, 3.63) is 24.3 Å². The highest BCUT2D eigenvalue weighted by molar-refractivity contribution is 7.71. The van der Waals surface area contributed by atoms with Gasteiger partial charge in [0, 0.05) is 44.6 Å². The first kappa shape index (κ1) is 37.9. The number of rotatable bonds is 6. The summed E-state index contributed by atoms with van der Waals surface area (Å²) in [6.45, 7) is 44.5. The van der Waals surface area contributed by atoms with E-state index >= 15 is 0 Å². The summed E-state index contributed by atoms with van der Waals surface area (Å²) < 4.78 is 13.8. The minimum Gasteiger partial charge on any atom is -0.377 e. The summed E-state index contributed by atoms with van der Waals surface area (Å²) in [6.07, 6.45) is 17.1. The maximum absolute atomic E-state index is 6.88. The molecule has 0 radical (unpaired) electrons. The van der Waals surface area contributed by atoms with Gasteiger partial charge in [-0.05, 0) is 81.6 Å². The van der Waals surface area contributed by atoms with Crippen molar-refractivity contribution >= 4 is 44.6 Å². The first-order chi connectivity index (χ1) is 20.8. The molecule has 0 aromatic carbocycles. The van der Waals surface area contributed by atoms with Gasteiger partial charge in [0.1, 0.15) is 0 Å². The Labute approximate surface area is 292 Å². The van der Waals surface area contributed by atoms with Gasteiger partial charge < -0.3 is 9.47 Å². The molecule has 0 N–H and O–H groups in total. The first-order valence-corrected chi connectivity index (χ1v) is 40.6. The van der Waals surface area contributed by atoms with E-state index in [-0.39, 0.29) is 0 Å². The van der Waals surface area contributed by atoms with E-state index < -0.39 is 44.6 Å². The quantitative estimate of drug-likeness (QED) is 0.200. The minimum absolute atomic E-state index is 0.323. The molecule has 2 nitrogen and oxygen atoms in total. The molecule has 2 spiro atoms. The van der Waals surface area contributed by atoms with Crippen LogP contribution in [-0.2, 0) is 9.47 Å². The van der Waals surface area contributed by atoms with E-state index in [0.29, 0.717) is 32.4 Å². The maximum Gasteiger partial charge on any atom is 0.0785 e.